The van der Waals surface area contributed by atoms with Crippen LogP contribution in [0.5, 0.6) is 5.75 Å². The lowest BCUT2D eigenvalue weighted by Crippen LogP contribution is -1.98. The predicted octanol–water partition coefficient (Wildman–Crippen LogP) is 0.377. The number of hydrogen-bond donors (Lipinski definition) is 1. The molecule has 0 aliphatic heterocycles. The summed E-state index contributed by atoms with van der Waals surface area (Å²) in [6.45, 7) is 0. The first-order chi connectivity index (χ1) is 7.31. The van der Waals surface area contributed by atoms with Gasteiger partial charge in [-0.2, -0.15) is 0 Å². The maximum absolute atomic E-state index is 9.59. The summed E-state index contributed by atoms with van der Waals surface area (Å²) in [6.07, 6.45) is 2.38. The van der Waals surface area contributed by atoms with Crippen molar-refractivity contribution >= 4 is 7.85 Å². The first-order valence-electron chi connectivity index (χ1n) is 4.78. The highest BCUT2D eigenvalue weighted by Gasteiger charge is 2.05. The number of rotatable bonds is 2. The number of aromatic hydroxyl groups is 1. The van der Waals surface area contributed by atoms with Crippen molar-refractivity contribution in [3.63, 3.8) is 0 Å². The summed E-state index contributed by atoms with van der Waals surface area (Å²) >= 11 is 0. The molecule has 0 saturated carbocycles. The van der Waals surface area contributed by atoms with E-state index in [0.29, 0.717) is 17.1 Å². The topological polar surface area (TPSA) is 58.9 Å². The molecule has 0 radical (unpaired) electrons. The fraction of sp³-hybridized carbons (Fsp3) is 0.100. The second-order valence-electron chi connectivity index (χ2n) is 3.13. The summed E-state index contributed by atoms with van der Waals surface area (Å²) in [7, 11) is 1.97. The Morgan fingerprint density at radius 1 is 1.20 bits per heavy atom. The van der Waals surface area contributed by atoms with Crippen molar-refractivity contribution in [1.29, 1.82) is 0 Å². The molecule has 1 heterocycles. The number of nitrogens with zero attached hydrogens (tertiary/aromatic N) is 3. The Kier molecular flexibility index (Phi) is 2.62. The third-order valence-electron chi connectivity index (χ3n) is 2.11. The molecular weight excluding hydrogens is 189 g/mol. The van der Waals surface area contributed by atoms with Crippen LogP contribution in [0.2, 0.25) is 0 Å². The largest absolute Gasteiger partial charge is 0.507 e. The van der Waals surface area contributed by atoms with Gasteiger partial charge in [-0.3, -0.25) is 0 Å². The molecule has 0 saturated heterocycles. The first-order valence-corrected chi connectivity index (χ1v) is 4.78. The molecule has 0 aliphatic carbocycles. The lowest BCUT2D eigenvalue weighted by atomic mass is 10.1. The normalized spacial score (nSPS) is 10.1. The molecule has 1 aromatic heterocycles. The summed E-state index contributed by atoms with van der Waals surface area (Å²) in [4.78, 5) is 4.13. The quantitative estimate of drug-likeness (QED) is 0.710. The van der Waals surface area contributed by atoms with E-state index in [9.17, 15) is 5.11 Å². The van der Waals surface area contributed by atoms with E-state index in [1.54, 1.807) is 24.4 Å². The molecule has 0 unspecified atom stereocenters. The molecule has 4 nitrogen and oxygen atoms in total. The highest BCUT2D eigenvalue weighted by atomic mass is 16.3. The minimum Gasteiger partial charge on any atom is -0.507 e. The lowest BCUT2D eigenvalue weighted by Gasteiger charge is -2.02. The van der Waals surface area contributed by atoms with Crippen LogP contribution in [0.15, 0.2) is 30.5 Å². The van der Waals surface area contributed by atoms with E-state index in [-0.39, 0.29) is 5.75 Å². The van der Waals surface area contributed by atoms with Gasteiger partial charge in [-0.15, -0.1) is 10.2 Å². The Labute approximate surface area is 88.4 Å². The maximum atomic E-state index is 9.59. The summed E-state index contributed by atoms with van der Waals surface area (Å²) in [5.41, 5.74) is 1.24. The fourth-order valence-electron chi connectivity index (χ4n) is 1.27. The molecule has 1 aromatic carbocycles. The Morgan fingerprint density at radius 2 is 2.00 bits per heavy atom. The van der Waals surface area contributed by atoms with Gasteiger partial charge in [0.15, 0.2) is 0 Å². The Hall–Kier alpha value is -1.91. The van der Waals surface area contributed by atoms with Crippen LogP contribution in [0.1, 0.15) is 5.82 Å². The number of aromatic nitrogens is 3. The van der Waals surface area contributed by atoms with Gasteiger partial charge in [0.1, 0.15) is 25.1 Å². The molecule has 15 heavy (non-hydrogen) atoms. The van der Waals surface area contributed by atoms with Gasteiger partial charge in [0, 0.05) is 5.56 Å². The van der Waals surface area contributed by atoms with Crippen molar-refractivity contribution in [3.8, 4) is 17.0 Å². The summed E-state index contributed by atoms with van der Waals surface area (Å²) < 4.78 is 0. The van der Waals surface area contributed by atoms with E-state index >= 15 is 0 Å². The van der Waals surface area contributed by atoms with Crippen LogP contribution in [0, 0.1) is 0 Å². The van der Waals surface area contributed by atoms with Crippen LogP contribution >= 0.6 is 0 Å². The van der Waals surface area contributed by atoms with Crippen LogP contribution in [0.25, 0.3) is 11.3 Å². The second-order valence-corrected chi connectivity index (χ2v) is 3.13. The van der Waals surface area contributed by atoms with E-state index in [0.717, 1.165) is 6.32 Å². The molecule has 2 aromatic rings. The lowest BCUT2D eigenvalue weighted by molar-refractivity contribution is 0.477. The molecule has 0 amide bonds. The molecule has 2 rings (SSSR count). The zero-order valence-electron chi connectivity index (χ0n) is 8.38. The smallest absolute Gasteiger partial charge is 0.143 e. The number of para-hydroxylation sites is 1. The third kappa shape index (κ3) is 1.96. The van der Waals surface area contributed by atoms with Crippen molar-refractivity contribution in [2.24, 2.45) is 0 Å². The van der Waals surface area contributed by atoms with Gasteiger partial charge < -0.3 is 5.11 Å². The van der Waals surface area contributed by atoms with Gasteiger partial charge in [-0.25, -0.2) is 4.98 Å². The Balaban J connectivity index is 2.42. The average Bonchev–Trinajstić information content (AvgIpc) is 2.30. The van der Waals surface area contributed by atoms with E-state index in [1.807, 2.05) is 13.9 Å². The van der Waals surface area contributed by atoms with Crippen LogP contribution < -0.4 is 0 Å². The van der Waals surface area contributed by atoms with Crippen LogP contribution in [-0.4, -0.2) is 28.1 Å². The minimum absolute atomic E-state index is 0.192. The predicted molar refractivity (Wildman–Crippen MR) is 59.2 cm³/mol. The highest BCUT2D eigenvalue weighted by molar-refractivity contribution is 6.07. The molecule has 74 valence electrons. The molecule has 0 fully saturated rings. The molecule has 0 aliphatic rings. The van der Waals surface area contributed by atoms with Crippen molar-refractivity contribution < 1.29 is 5.11 Å². The number of hydrogen-bond acceptors (Lipinski definition) is 4. The summed E-state index contributed by atoms with van der Waals surface area (Å²) in [6, 6.07) is 7.00. The number of benzene rings is 1. The minimum atomic E-state index is 0.192. The maximum Gasteiger partial charge on any atom is 0.143 e. The molecule has 1 N–H and O–H groups in total. The molecule has 0 bridgehead atoms. The standard InChI is InChI=1S/C10H10BN3O/c11-5-10-12-6-8(13-14-10)7-3-1-2-4-9(7)15/h1-4,6,15H,5,11H2. The monoisotopic (exact) mass is 199 g/mol. The van der Waals surface area contributed by atoms with Crippen molar-refractivity contribution in [2.75, 3.05) is 0 Å². The zero-order chi connectivity index (χ0) is 10.7. The molecule has 0 atom stereocenters. The van der Waals surface area contributed by atoms with Gasteiger partial charge in [-0.1, -0.05) is 12.1 Å². The molecule has 5 heteroatoms. The van der Waals surface area contributed by atoms with Gasteiger partial charge in [0.25, 0.3) is 0 Å². The summed E-state index contributed by atoms with van der Waals surface area (Å²) in [5, 5.41) is 17.5. The van der Waals surface area contributed by atoms with Gasteiger partial charge in [0.05, 0.1) is 6.20 Å². The fourth-order valence-corrected chi connectivity index (χ4v) is 1.27. The zero-order valence-corrected chi connectivity index (χ0v) is 8.38. The SMILES string of the molecule is BCc1ncc(-c2ccccc2O)nn1. The van der Waals surface area contributed by atoms with Gasteiger partial charge >= 0.3 is 0 Å². The highest BCUT2D eigenvalue weighted by Crippen LogP contribution is 2.25. The van der Waals surface area contributed by atoms with Gasteiger partial charge in [-0.05, 0) is 18.5 Å². The Bertz CT molecular complexity index is 458. The Morgan fingerprint density at radius 3 is 2.60 bits per heavy atom. The van der Waals surface area contributed by atoms with Crippen LogP contribution in [-0.2, 0) is 6.32 Å². The van der Waals surface area contributed by atoms with Gasteiger partial charge in [0.2, 0.25) is 0 Å². The number of phenolic OH excluding ortho intramolecular Hbond substituents is 1. The second kappa shape index (κ2) is 4.08. The van der Waals surface area contributed by atoms with Crippen LogP contribution in [0.3, 0.4) is 0 Å². The van der Waals surface area contributed by atoms with E-state index in [2.05, 4.69) is 15.2 Å². The first kappa shape index (κ1) is 9.64. The summed E-state index contributed by atoms with van der Waals surface area (Å²) in [5.74, 6) is 0.895. The van der Waals surface area contributed by atoms with Crippen molar-refractivity contribution in [3.05, 3.63) is 36.3 Å². The average molecular weight is 199 g/mol. The van der Waals surface area contributed by atoms with Crippen molar-refractivity contribution in [2.45, 2.75) is 6.32 Å². The molecule has 0 spiro atoms. The van der Waals surface area contributed by atoms with E-state index in [4.69, 9.17) is 0 Å². The van der Waals surface area contributed by atoms with Crippen LogP contribution in [0.4, 0.5) is 0 Å². The van der Waals surface area contributed by atoms with Crippen molar-refractivity contribution in [1.82, 2.24) is 15.2 Å². The molecular formula is C10H10BN3O. The van der Waals surface area contributed by atoms with E-state index in [1.165, 1.54) is 0 Å². The number of phenols is 1. The van der Waals surface area contributed by atoms with E-state index < -0.39 is 0 Å². The third-order valence-corrected chi connectivity index (χ3v) is 2.11.